The topological polar surface area (TPSA) is 155 Å². The van der Waals surface area contributed by atoms with E-state index in [1.54, 1.807) is 34.0 Å². The monoisotopic (exact) mass is 706 g/mol. The van der Waals surface area contributed by atoms with Crippen LogP contribution < -0.4 is 26.0 Å². The molecule has 2 aliphatic rings. The third-order valence-corrected chi connectivity index (χ3v) is 10.0. The van der Waals surface area contributed by atoms with Gasteiger partial charge in [-0.1, -0.05) is 60.7 Å². The molecule has 1 aromatic heterocycles. The van der Waals surface area contributed by atoms with Crippen LogP contribution in [-0.2, 0) is 45.6 Å². The number of nitrogens with zero attached hydrogens (tertiary/aromatic N) is 5. The number of hydrogen-bond acceptors (Lipinski definition) is 8. The molecular formula is C39H46N8O5. The summed E-state index contributed by atoms with van der Waals surface area (Å²) in [6.07, 6.45) is 4.53. The second kappa shape index (κ2) is 16.1. The van der Waals surface area contributed by atoms with Crippen molar-refractivity contribution in [2.75, 3.05) is 38.3 Å². The number of methoxy groups -OCH3 is 1. The van der Waals surface area contributed by atoms with Crippen LogP contribution in [-0.4, -0.2) is 94.0 Å². The molecule has 3 aromatic carbocycles. The highest BCUT2D eigenvalue weighted by Gasteiger charge is 2.54. The average molecular weight is 707 g/mol. The van der Waals surface area contributed by atoms with Gasteiger partial charge in [0, 0.05) is 57.1 Å². The van der Waals surface area contributed by atoms with Gasteiger partial charge in [-0.3, -0.25) is 19.2 Å². The average Bonchev–Trinajstić information content (AvgIpc) is 3.69. The second-order valence-corrected chi connectivity index (χ2v) is 13.4. The number of rotatable bonds is 13. The molecule has 0 saturated carbocycles. The van der Waals surface area contributed by atoms with Crippen LogP contribution in [0.25, 0.3) is 0 Å². The number of ether oxygens (including phenoxy) is 1. The van der Waals surface area contributed by atoms with Crippen molar-refractivity contribution in [3.05, 3.63) is 114 Å². The van der Waals surface area contributed by atoms with E-state index in [9.17, 15) is 19.2 Å². The zero-order chi connectivity index (χ0) is 36.7. The molecule has 1 spiro atoms. The van der Waals surface area contributed by atoms with Crippen LogP contribution in [0, 0.1) is 0 Å². The Morgan fingerprint density at radius 1 is 0.923 bits per heavy atom. The fraction of sp³-hybridized carbons (Fsp3) is 0.359. The van der Waals surface area contributed by atoms with Gasteiger partial charge in [-0.15, -0.1) is 0 Å². The molecule has 4 aromatic rings. The molecule has 2 saturated heterocycles. The lowest BCUT2D eigenvalue weighted by atomic mass is 9.85. The van der Waals surface area contributed by atoms with Crippen LogP contribution in [0.5, 0.6) is 5.75 Å². The first-order valence-electron chi connectivity index (χ1n) is 17.5. The molecule has 4 amide bonds. The van der Waals surface area contributed by atoms with Gasteiger partial charge in [-0.05, 0) is 48.2 Å². The number of benzene rings is 3. The van der Waals surface area contributed by atoms with Gasteiger partial charge in [0.05, 0.1) is 26.1 Å². The van der Waals surface area contributed by atoms with E-state index in [1.165, 1.54) is 0 Å². The van der Waals surface area contributed by atoms with E-state index < -0.39 is 23.5 Å². The van der Waals surface area contributed by atoms with Crippen LogP contribution in [0.4, 0.5) is 5.69 Å². The Hall–Kier alpha value is -5.69. The molecule has 0 radical (unpaired) electrons. The minimum Gasteiger partial charge on any atom is -0.497 e. The maximum atomic E-state index is 14.3. The summed E-state index contributed by atoms with van der Waals surface area (Å²) in [6, 6.07) is 24.9. The number of carbonyl (C=O) groups excluding carboxylic acids is 4. The molecule has 52 heavy (non-hydrogen) atoms. The van der Waals surface area contributed by atoms with Crippen molar-refractivity contribution in [1.29, 1.82) is 0 Å². The van der Waals surface area contributed by atoms with E-state index in [0.29, 0.717) is 25.1 Å². The lowest BCUT2D eigenvalue weighted by Gasteiger charge is -2.44. The molecule has 13 heteroatoms. The summed E-state index contributed by atoms with van der Waals surface area (Å²) in [7, 11) is 3.42. The number of piperidine rings is 1. The number of anilines is 1. The minimum absolute atomic E-state index is 0.0750. The number of aryl methyl sites for hydroxylation is 1. The zero-order valence-electron chi connectivity index (χ0n) is 29.6. The number of nitrogens with one attached hydrogen (secondary N) is 2. The molecule has 13 nitrogen and oxygen atoms in total. The summed E-state index contributed by atoms with van der Waals surface area (Å²) in [4.78, 5) is 64.5. The Kier molecular flexibility index (Phi) is 11.2. The fourth-order valence-corrected chi connectivity index (χ4v) is 7.04. The molecule has 272 valence electrons. The Balaban J connectivity index is 1.16. The van der Waals surface area contributed by atoms with Crippen LogP contribution in [0.2, 0.25) is 0 Å². The van der Waals surface area contributed by atoms with Gasteiger partial charge >= 0.3 is 0 Å². The van der Waals surface area contributed by atoms with E-state index in [4.69, 9.17) is 10.5 Å². The number of carbonyl (C=O) groups is 4. The first-order valence-corrected chi connectivity index (χ1v) is 17.5. The van der Waals surface area contributed by atoms with E-state index >= 15 is 0 Å². The van der Waals surface area contributed by atoms with Crippen LogP contribution in [0.15, 0.2) is 97.5 Å². The van der Waals surface area contributed by atoms with Crippen molar-refractivity contribution >= 4 is 29.3 Å². The third kappa shape index (κ3) is 8.10. The first kappa shape index (κ1) is 36.1. The highest BCUT2D eigenvalue weighted by molar-refractivity contribution is 5.97. The normalized spacial score (nSPS) is 16.4. The third-order valence-electron chi connectivity index (χ3n) is 10.0. The van der Waals surface area contributed by atoms with Gasteiger partial charge < -0.3 is 40.4 Å². The number of hydrogen-bond donors (Lipinski definition) is 3. The predicted molar refractivity (Wildman–Crippen MR) is 196 cm³/mol. The van der Waals surface area contributed by atoms with Gasteiger partial charge in [0.2, 0.25) is 17.7 Å². The molecular weight excluding hydrogens is 660 g/mol. The van der Waals surface area contributed by atoms with E-state index in [1.807, 2.05) is 92.0 Å². The standard InChI is InChI=1S/C39H46N8O5/c1-44-26-41-24-31(44)22-33(40)36(49)43-34(21-28-13-15-32(52-2)16-14-28)37(50)45-19-17-39(18-20-45)38(51)46(27-47(39)30-11-7-4-8-12-30)25-35(48)42-23-29-9-5-3-6-10-29/h3-16,24,26,33-34H,17-23,25,27,40H2,1-2H3,(H,42,48)(H,43,49). The number of para-hydroxylation sites is 1. The summed E-state index contributed by atoms with van der Waals surface area (Å²) in [5.74, 6) is -0.386. The van der Waals surface area contributed by atoms with Gasteiger partial charge in [-0.25, -0.2) is 4.98 Å². The SMILES string of the molecule is COc1ccc(CC(NC(=O)C(N)Cc2cncn2C)C(=O)N2CCC3(CC2)C(=O)N(CC(=O)NCc2ccccc2)CN3c2ccccc2)cc1. The van der Waals surface area contributed by atoms with E-state index in [2.05, 4.69) is 20.5 Å². The molecule has 6 rings (SSSR count). The number of nitrogens with two attached hydrogens (primary N) is 1. The highest BCUT2D eigenvalue weighted by atomic mass is 16.5. The smallest absolute Gasteiger partial charge is 0.250 e. The summed E-state index contributed by atoms with van der Waals surface area (Å²) in [5, 5.41) is 5.87. The van der Waals surface area contributed by atoms with Crippen LogP contribution >= 0.6 is 0 Å². The molecule has 3 heterocycles. The Bertz CT molecular complexity index is 1840. The minimum atomic E-state index is -0.933. The molecule has 2 atom stereocenters. The summed E-state index contributed by atoms with van der Waals surface area (Å²) in [6.45, 7) is 1.12. The number of imidazole rings is 1. The number of amides is 4. The highest BCUT2D eigenvalue weighted by Crippen LogP contribution is 2.39. The largest absolute Gasteiger partial charge is 0.497 e. The van der Waals surface area contributed by atoms with Gasteiger partial charge in [0.1, 0.15) is 23.9 Å². The maximum Gasteiger partial charge on any atom is 0.250 e. The first-order chi connectivity index (χ1) is 25.2. The van der Waals surface area contributed by atoms with E-state index in [0.717, 1.165) is 22.5 Å². The molecule has 2 fully saturated rings. The van der Waals surface area contributed by atoms with Gasteiger partial charge in [0.25, 0.3) is 5.91 Å². The van der Waals surface area contributed by atoms with Gasteiger partial charge in [-0.2, -0.15) is 0 Å². The molecule has 2 aliphatic heterocycles. The summed E-state index contributed by atoms with van der Waals surface area (Å²) >= 11 is 0. The maximum absolute atomic E-state index is 14.3. The molecule has 0 bridgehead atoms. The fourth-order valence-electron chi connectivity index (χ4n) is 7.04. The number of aromatic nitrogens is 2. The van der Waals surface area contributed by atoms with Crippen LogP contribution in [0.3, 0.4) is 0 Å². The predicted octanol–water partition coefficient (Wildman–Crippen LogP) is 2.01. The second-order valence-electron chi connectivity index (χ2n) is 13.4. The number of likely N-dealkylation sites (tertiary alicyclic amines) is 1. The lowest BCUT2D eigenvalue weighted by molar-refractivity contribution is -0.141. The van der Waals surface area contributed by atoms with Crippen molar-refractivity contribution in [3.8, 4) is 5.75 Å². The zero-order valence-corrected chi connectivity index (χ0v) is 29.6. The Morgan fingerprint density at radius 2 is 1.60 bits per heavy atom. The molecule has 4 N–H and O–H groups in total. The van der Waals surface area contributed by atoms with Crippen molar-refractivity contribution in [2.45, 2.75) is 49.9 Å². The quantitative estimate of drug-likeness (QED) is 0.191. The lowest BCUT2D eigenvalue weighted by Crippen LogP contribution is -2.60. The van der Waals surface area contributed by atoms with E-state index in [-0.39, 0.29) is 56.9 Å². The Labute approximate surface area is 303 Å². The van der Waals surface area contributed by atoms with Gasteiger partial charge in [0.15, 0.2) is 0 Å². The molecule has 2 unspecified atom stereocenters. The van der Waals surface area contributed by atoms with Crippen molar-refractivity contribution < 1.29 is 23.9 Å². The van der Waals surface area contributed by atoms with Crippen molar-refractivity contribution in [1.82, 2.24) is 30.0 Å². The van der Waals surface area contributed by atoms with Crippen molar-refractivity contribution in [2.24, 2.45) is 12.8 Å². The molecule has 0 aliphatic carbocycles. The van der Waals surface area contributed by atoms with Crippen LogP contribution in [0.1, 0.15) is 29.7 Å². The Morgan fingerprint density at radius 3 is 2.23 bits per heavy atom. The summed E-state index contributed by atoms with van der Waals surface area (Å²) < 4.78 is 7.10. The van der Waals surface area contributed by atoms with Crippen molar-refractivity contribution in [3.63, 3.8) is 0 Å². The summed E-state index contributed by atoms with van der Waals surface area (Å²) in [5.41, 5.74) is 8.88.